The summed E-state index contributed by atoms with van der Waals surface area (Å²) in [6, 6.07) is 6.46. The average Bonchev–Trinajstić information content (AvgIpc) is 2.79. The first-order valence-electron chi connectivity index (χ1n) is 5.98. The number of hydrogen-bond acceptors (Lipinski definition) is 2. The smallest absolute Gasteiger partial charge is 0.253 e. The standard InChI is InChI=1S/C14H14Cl2N2O2/c1-18-3-2-9(8-18)7-17-14(20)13(19)10-4-11(15)6-12(16)5-10/h2-6,8,13,19H,7H2,1H3,(H,17,20)/t13-/m0/s1. The molecule has 0 saturated heterocycles. The van der Waals surface area contributed by atoms with Crippen LogP contribution in [0.3, 0.4) is 0 Å². The van der Waals surface area contributed by atoms with Gasteiger partial charge >= 0.3 is 0 Å². The van der Waals surface area contributed by atoms with E-state index in [1.807, 2.05) is 30.1 Å². The molecule has 1 atom stereocenters. The van der Waals surface area contributed by atoms with Gasteiger partial charge < -0.3 is 15.0 Å². The van der Waals surface area contributed by atoms with Crippen molar-refractivity contribution in [2.24, 2.45) is 7.05 Å². The second-order valence-electron chi connectivity index (χ2n) is 4.51. The lowest BCUT2D eigenvalue weighted by molar-refractivity contribution is -0.129. The minimum absolute atomic E-state index is 0.352. The Morgan fingerprint density at radius 1 is 1.35 bits per heavy atom. The molecular weight excluding hydrogens is 299 g/mol. The average molecular weight is 313 g/mol. The summed E-state index contributed by atoms with van der Waals surface area (Å²) in [5.41, 5.74) is 1.32. The SMILES string of the molecule is Cn1ccc(CNC(=O)[C@@H](O)c2cc(Cl)cc(Cl)c2)c1. The van der Waals surface area contributed by atoms with Crippen LogP contribution in [0.1, 0.15) is 17.2 Å². The number of nitrogens with one attached hydrogen (secondary N) is 1. The van der Waals surface area contributed by atoms with Gasteiger partial charge in [0.25, 0.3) is 5.91 Å². The first-order chi connectivity index (χ1) is 9.45. The molecule has 0 unspecified atom stereocenters. The van der Waals surface area contributed by atoms with Crippen molar-refractivity contribution in [2.75, 3.05) is 0 Å². The number of carbonyl (C=O) groups excluding carboxylic acids is 1. The van der Waals surface area contributed by atoms with E-state index in [4.69, 9.17) is 23.2 Å². The summed E-state index contributed by atoms with van der Waals surface area (Å²) in [5.74, 6) is -0.493. The molecule has 4 nitrogen and oxygen atoms in total. The minimum Gasteiger partial charge on any atom is -0.378 e. The Morgan fingerprint density at radius 2 is 2.00 bits per heavy atom. The molecule has 0 saturated carbocycles. The maximum atomic E-state index is 11.9. The third kappa shape index (κ3) is 3.76. The van der Waals surface area contributed by atoms with Crippen molar-refractivity contribution >= 4 is 29.1 Å². The molecule has 1 heterocycles. The third-order valence-corrected chi connectivity index (χ3v) is 3.25. The number of rotatable bonds is 4. The van der Waals surface area contributed by atoms with E-state index in [9.17, 15) is 9.90 Å². The zero-order valence-electron chi connectivity index (χ0n) is 10.8. The molecule has 1 aromatic carbocycles. The highest BCUT2D eigenvalue weighted by atomic mass is 35.5. The number of aliphatic hydroxyl groups excluding tert-OH is 1. The number of benzene rings is 1. The van der Waals surface area contributed by atoms with Crippen molar-refractivity contribution in [3.8, 4) is 0 Å². The molecular formula is C14H14Cl2N2O2. The first kappa shape index (κ1) is 14.9. The monoisotopic (exact) mass is 312 g/mol. The highest BCUT2D eigenvalue weighted by Gasteiger charge is 2.18. The van der Waals surface area contributed by atoms with Gasteiger partial charge in [-0.15, -0.1) is 0 Å². The predicted molar refractivity (Wildman–Crippen MR) is 78.7 cm³/mol. The van der Waals surface area contributed by atoms with E-state index in [0.29, 0.717) is 22.2 Å². The molecule has 0 fully saturated rings. The van der Waals surface area contributed by atoms with Gasteiger partial charge in [0.1, 0.15) is 0 Å². The fraction of sp³-hybridized carbons (Fsp3) is 0.214. The van der Waals surface area contributed by atoms with Gasteiger partial charge in [0.15, 0.2) is 6.10 Å². The van der Waals surface area contributed by atoms with Crippen LogP contribution in [0.2, 0.25) is 10.0 Å². The molecule has 2 rings (SSSR count). The second kappa shape index (κ2) is 6.31. The van der Waals surface area contributed by atoms with Crippen LogP contribution < -0.4 is 5.32 Å². The molecule has 0 radical (unpaired) electrons. The van der Waals surface area contributed by atoms with Crippen LogP contribution in [0.15, 0.2) is 36.7 Å². The summed E-state index contributed by atoms with van der Waals surface area (Å²) in [7, 11) is 1.90. The summed E-state index contributed by atoms with van der Waals surface area (Å²) in [4.78, 5) is 11.9. The summed E-state index contributed by atoms with van der Waals surface area (Å²) < 4.78 is 1.88. The maximum absolute atomic E-state index is 11.9. The van der Waals surface area contributed by atoms with Crippen molar-refractivity contribution in [1.29, 1.82) is 0 Å². The van der Waals surface area contributed by atoms with Crippen molar-refractivity contribution in [2.45, 2.75) is 12.6 Å². The lowest BCUT2D eigenvalue weighted by Gasteiger charge is -2.12. The molecule has 1 amide bonds. The number of halogens is 2. The van der Waals surface area contributed by atoms with Crippen LogP contribution in [0.4, 0.5) is 0 Å². The number of aromatic nitrogens is 1. The predicted octanol–water partition coefficient (Wildman–Crippen LogP) is 2.68. The van der Waals surface area contributed by atoms with Gasteiger partial charge in [-0.2, -0.15) is 0 Å². The highest BCUT2D eigenvalue weighted by Crippen LogP contribution is 2.23. The lowest BCUT2D eigenvalue weighted by atomic mass is 10.1. The van der Waals surface area contributed by atoms with Crippen LogP contribution in [0.25, 0.3) is 0 Å². The van der Waals surface area contributed by atoms with Crippen molar-refractivity contribution < 1.29 is 9.90 Å². The van der Waals surface area contributed by atoms with E-state index >= 15 is 0 Å². The molecule has 1 aromatic heterocycles. The van der Waals surface area contributed by atoms with Crippen molar-refractivity contribution in [3.05, 3.63) is 57.8 Å². The molecule has 106 valence electrons. The van der Waals surface area contributed by atoms with Gasteiger partial charge in [0.2, 0.25) is 0 Å². The molecule has 2 aromatic rings. The fourth-order valence-corrected chi connectivity index (χ4v) is 2.38. The number of carbonyl (C=O) groups is 1. The largest absolute Gasteiger partial charge is 0.378 e. The number of aliphatic hydroxyl groups is 1. The van der Waals surface area contributed by atoms with Gasteiger partial charge in [-0.25, -0.2) is 0 Å². The van der Waals surface area contributed by atoms with Gasteiger partial charge in [-0.1, -0.05) is 23.2 Å². The maximum Gasteiger partial charge on any atom is 0.253 e. The van der Waals surface area contributed by atoms with E-state index in [1.54, 1.807) is 6.07 Å². The topological polar surface area (TPSA) is 54.3 Å². The summed E-state index contributed by atoms with van der Waals surface area (Å²) in [6.45, 7) is 0.352. The van der Waals surface area contributed by atoms with E-state index in [-0.39, 0.29) is 0 Å². The number of nitrogens with zero attached hydrogens (tertiary/aromatic N) is 1. The molecule has 0 aliphatic rings. The Hall–Kier alpha value is -1.49. The lowest BCUT2D eigenvalue weighted by Crippen LogP contribution is -2.28. The molecule has 6 heteroatoms. The van der Waals surface area contributed by atoms with Gasteiger partial charge in [0.05, 0.1) is 0 Å². The third-order valence-electron chi connectivity index (χ3n) is 2.81. The van der Waals surface area contributed by atoms with Crippen molar-refractivity contribution in [1.82, 2.24) is 9.88 Å². The number of amides is 1. The Labute approximate surface area is 126 Å². The fourth-order valence-electron chi connectivity index (χ4n) is 1.84. The zero-order chi connectivity index (χ0) is 14.7. The van der Waals surface area contributed by atoms with E-state index < -0.39 is 12.0 Å². The van der Waals surface area contributed by atoms with E-state index in [0.717, 1.165) is 5.56 Å². The molecule has 2 N–H and O–H groups in total. The van der Waals surface area contributed by atoms with Gasteiger partial charge in [-0.3, -0.25) is 4.79 Å². The molecule has 0 aliphatic carbocycles. The van der Waals surface area contributed by atoms with Crippen LogP contribution >= 0.6 is 23.2 Å². The van der Waals surface area contributed by atoms with Gasteiger partial charge in [-0.05, 0) is 35.4 Å². The Balaban J connectivity index is 2.01. The Kier molecular flexibility index (Phi) is 4.70. The van der Waals surface area contributed by atoms with E-state index in [2.05, 4.69) is 5.32 Å². The van der Waals surface area contributed by atoms with Crippen LogP contribution in [0.5, 0.6) is 0 Å². The number of aryl methyl sites for hydroxylation is 1. The van der Waals surface area contributed by atoms with Crippen LogP contribution in [-0.4, -0.2) is 15.6 Å². The summed E-state index contributed by atoms with van der Waals surface area (Å²) >= 11 is 11.7. The molecule has 20 heavy (non-hydrogen) atoms. The molecule has 0 spiro atoms. The summed E-state index contributed by atoms with van der Waals surface area (Å²) in [5, 5.41) is 13.4. The normalized spacial score (nSPS) is 12.2. The quantitative estimate of drug-likeness (QED) is 0.912. The van der Waals surface area contributed by atoms with Gasteiger partial charge in [0, 0.05) is 36.0 Å². The number of hydrogen-bond donors (Lipinski definition) is 2. The Bertz CT molecular complexity index is 605. The zero-order valence-corrected chi connectivity index (χ0v) is 12.3. The second-order valence-corrected chi connectivity index (χ2v) is 5.38. The Morgan fingerprint density at radius 3 is 2.55 bits per heavy atom. The highest BCUT2D eigenvalue weighted by molar-refractivity contribution is 6.34. The van der Waals surface area contributed by atoms with Crippen LogP contribution in [-0.2, 0) is 18.4 Å². The molecule has 0 bridgehead atoms. The van der Waals surface area contributed by atoms with Crippen molar-refractivity contribution in [3.63, 3.8) is 0 Å². The van der Waals surface area contributed by atoms with E-state index in [1.165, 1.54) is 12.1 Å². The molecule has 0 aliphatic heterocycles. The van der Waals surface area contributed by atoms with Crippen LogP contribution in [0, 0.1) is 0 Å². The first-order valence-corrected chi connectivity index (χ1v) is 6.74. The minimum atomic E-state index is -1.30. The summed E-state index contributed by atoms with van der Waals surface area (Å²) in [6.07, 6.45) is 2.48.